The largest absolute Gasteiger partial charge is 0.478 e. The first-order chi connectivity index (χ1) is 9.47. The lowest BCUT2D eigenvalue weighted by Crippen LogP contribution is -2.15. The summed E-state index contributed by atoms with van der Waals surface area (Å²) in [6, 6.07) is 6.72. The first-order valence-corrected chi connectivity index (χ1v) is 6.22. The molecule has 7 heteroatoms. The molecule has 1 aromatic heterocycles. The van der Waals surface area contributed by atoms with Crippen LogP contribution >= 0.6 is 15.9 Å². The van der Waals surface area contributed by atoms with Crippen molar-refractivity contribution in [2.75, 3.05) is 5.32 Å². The van der Waals surface area contributed by atoms with Crippen molar-refractivity contribution >= 4 is 33.5 Å². The molecule has 0 saturated carbocycles. The highest BCUT2D eigenvalue weighted by Crippen LogP contribution is 2.19. The zero-order chi connectivity index (χ0) is 14.7. The highest BCUT2D eigenvalue weighted by Gasteiger charge is 2.12. The van der Waals surface area contributed by atoms with Gasteiger partial charge < -0.3 is 10.4 Å². The van der Waals surface area contributed by atoms with E-state index in [0.29, 0.717) is 4.47 Å². The molecule has 0 radical (unpaired) electrons. The molecule has 0 aliphatic rings. The van der Waals surface area contributed by atoms with E-state index >= 15 is 0 Å². The van der Waals surface area contributed by atoms with Crippen molar-refractivity contribution in [3.05, 3.63) is 58.1 Å². The Labute approximate surface area is 121 Å². The van der Waals surface area contributed by atoms with Gasteiger partial charge in [-0.05, 0) is 30.3 Å². The zero-order valence-corrected chi connectivity index (χ0v) is 11.5. The highest BCUT2D eigenvalue weighted by atomic mass is 79.9. The van der Waals surface area contributed by atoms with E-state index in [1.807, 2.05) is 0 Å². The number of carboxylic acid groups (broad SMARTS) is 1. The predicted molar refractivity (Wildman–Crippen MR) is 73.2 cm³/mol. The summed E-state index contributed by atoms with van der Waals surface area (Å²) in [6.45, 7) is 0. The highest BCUT2D eigenvalue weighted by molar-refractivity contribution is 9.10. The fourth-order valence-electron chi connectivity index (χ4n) is 1.43. The fraction of sp³-hybridized carbons (Fsp3) is 0. The van der Waals surface area contributed by atoms with Crippen molar-refractivity contribution in [3.8, 4) is 0 Å². The third-order valence-corrected chi connectivity index (χ3v) is 2.92. The lowest BCUT2D eigenvalue weighted by molar-refractivity contribution is 0.0696. The van der Waals surface area contributed by atoms with Gasteiger partial charge in [0.15, 0.2) is 0 Å². The van der Waals surface area contributed by atoms with E-state index in [2.05, 4.69) is 26.2 Å². The molecule has 0 bridgehead atoms. The van der Waals surface area contributed by atoms with Crippen molar-refractivity contribution in [1.29, 1.82) is 0 Å². The van der Waals surface area contributed by atoms with Crippen LogP contribution in [0.15, 0.2) is 41.0 Å². The SMILES string of the molecule is O=C(O)c1ccc(C(=O)Nc2ccc(Br)cc2F)nc1. The summed E-state index contributed by atoms with van der Waals surface area (Å²) < 4.78 is 14.1. The van der Waals surface area contributed by atoms with Crippen molar-refractivity contribution in [1.82, 2.24) is 4.98 Å². The fourth-order valence-corrected chi connectivity index (χ4v) is 1.77. The van der Waals surface area contributed by atoms with Gasteiger partial charge in [0.2, 0.25) is 0 Å². The number of carbonyl (C=O) groups excluding carboxylic acids is 1. The molecule has 20 heavy (non-hydrogen) atoms. The minimum absolute atomic E-state index is 0.00248. The molecule has 1 aromatic carbocycles. The summed E-state index contributed by atoms with van der Waals surface area (Å²) >= 11 is 3.11. The molecule has 2 rings (SSSR count). The molecule has 102 valence electrons. The van der Waals surface area contributed by atoms with Crippen LogP contribution in [0.25, 0.3) is 0 Å². The number of benzene rings is 1. The normalized spacial score (nSPS) is 10.1. The van der Waals surface area contributed by atoms with E-state index in [1.165, 1.54) is 24.3 Å². The van der Waals surface area contributed by atoms with Crippen LogP contribution in [0.1, 0.15) is 20.8 Å². The number of rotatable bonds is 3. The van der Waals surface area contributed by atoms with E-state index in [-0.39, 0.29) is 16.9 Å². The summed E-state index contributed by atoms with van der Waals surface area (Å²) in [5.41, 5.74) is -0.0176. The Kier molecular flexibility index (Phi) is 4.09. The molecule has 2 aromatic rings. The molecule has 5 nitrogen and oxygen atoms in total. The van der Waals surface area contributed by atoms with Gasteiger partial charge in [0.25, 0.3) is 5.91 Å². The standard InChI is InChI=1S/C13H8BrFN2O3/c14-8-2-4-10(9(15)5-8)17-12(18)11-3-1-7(6-16-11)13(19)20/h1-6H,(H,17,18)(H,19,20). The number of nitrogens with one attached hydrogen (secondary N) is 1. The second kappa shape index (κ2) is 5.79. The Balaban J connectivity index is 2.17. The number of halogens is 2. The van der Waals surface area contributed by atoms with Gasteiger partial charge in [-0.3, -0.25) is 9.78 Å². The van der Waals surface area contributed by atoms with E-state index < -0.39 is 17.7 Å². The van der Waals surface area contributed by atoms with Crippen molar-refractivity contribution in [3.63, 3.8) is 0 Å². The average molecular weight is 339 g/mol. The molecule has 1 heterocycles. The summed E-state index contributed by atoms with van der Waals surface area (Å²) in [5.74, 6) is -2.35. The lowest BCUT2D eigenvalue weighted by Gasteiger charge is -2.06. The maximum Gasteiger partial charge on any atom is 0.337 e. The van der Waals surface area contributed by atoms with Gasteiger partial charge in [0, 0.05) is 10.7 Å². The predicted octanol–water partition coefficient (Wildman–Crippen LogP) is 2.93. The van der Waals surface area contributed by atoms with E-state index in [9.17, 15) is 14.0 Å². The molecule has 0 spiro atoms. The molecule has 0 unspecified atom stereocenters. The van der Waals surface area contributed by atoms with Crippen molar-refractivity contribution < 1.29 is 19.1 Å². The smallest absolute Gasteiger partial charge is 0.337 e. The maximum atomic E-state index is 13.6. The number of amides is 1. The Hall–Kier alpha value is -2.28. The Morgan fingerprint density at radius 3 is 2.55 bits per heavy atom. The van der Waals surface area contributed by atoms with Crippen LogP contribution in [0.4, 0.5) is 10.1 Å². The molecule has 1 amide bonds. The van der Waals surface area contributed by atoms with Gasteiger partial charge in [0.1, 0.15) is 11.5 Å². The van der Waals surface area contributed by atoms with Crippen LogP contribution in [0, 0.1) is 5.82 Å². The van der Waals surface area contributed by atoms with Gasteiger partial charge in [0.05, 0.1) is 11.3 Å². The molecule has 0 aliphatic heterocycles. The van der Waals surface area contributed by atoms with Gasteiger partial charge in [-0.15, -0.1) is 0 Å². The number of carbonyl (C=O) groups is 2. The zero-order valence-electron chi connectivity index (χ0n) is 9.93. The van der Waals surface area contributed by atoms with Crippen LogP contribution in [0.2, 0.25) is 0 Å². The monoisotopic (exact) mass is 338 g/mol. The topological polar surface area (TPSA) is 79.3 Å². The quantitative estimate of drug-likeness (QED) is 0.901. The second-order valence-electron chi connectivity index (χ2n) is 3.82. The number of hydrogen-bond donors (Lipinski definition) is 2. The van der Waals surface area contributed by atoms with Crippen LogP contribution in [-0.2, 0) is 0 Å². The molecule has 2 N–H and O–H groups in total. The van der Waals surface area contributed by atoms with Crippen LogP contribution in [0.5, 0.6) is 0 Å². The summed E-state index contributed by atoms with van der Waals surface area (Å²) in [5, 5.41) is 11.1. The van der Waals surface area contributed by atoms with E-state index in [4.69, 9.17) is 5.11 Å². The number of anilines is 1. The lowest BCUT2D eigenvalue weighted by atomic mass is 10.2. The first-order valence-electron chi connectivity index (χ1n) is 5.43. The molecule has 0 saturated heterocycles. The van der Waals surface area contributed by atoms with Crippen LogP contribution in [-0.4, -0.2) is 22.0 Å². The average Bonchev–Trinajstić information content (AvgIpc) is 2.42. The van der Waals surface area contributed by atoms with Gasteiger partial charge in [-0.1, -0.05) is 15.9 Å². The Morgan fingerprint density at radius 2 is 2.00 bits per heavy atom. The first kappa shape index (κ1) is 14.1. The summed E-state index contributed by atoms with van der Waals surface area (Å²) in [6.07, 6.45) is 1.06. The third-order valence-electron chi connectivity index (χ3n) is 2.42. The van der Waals surface area contributed by atoms with Crippen LogP contribution < -0.4 is 5.32 Å². The number of aromatic carboxylic acids is 1. The van der Waals surface area contributed by atoms with Gasteiger partial charge in [-0.2, -0.15) is 0 Å². The van der Waals surface area contributed by atoms with Crippen molar-refractivity contribution in [2.24, 2.45) is 0 Å². The number of pyridine rings is 1. The molecule has 0 fully saturated rings. The third kappa shape index (κ3) is 3.18. The Bertz CT molecular complexity index is 674. The molecular formula is C13H8BrFN2O3. The van der Waals surface area contributed by atoms with Gasteiger partial charge >= 0.3 is 5.97 Å². The number of carboxylic acids is 1. The number of aromatic nitrogens is 1. The maximum absolute atomic E-state index is 13.6. The van der Waals surface area contributed by atoms with Crippen LogP contribution in [0.3, 0.4) is 0 Å². The summed E-state index contributed by atoms with van der Waals surface area (Å²) in [7, 11) is 0. The van der Waals surface area contributed by atoms with E-state index in [1.54, 1.807) is 6.07 Å². The van der Waals surface area contributed by atoms with Crippen molar-refractivity contribution in [2.45, 2.75) is 0 Å². The molecule has 0 aliphatic carbocycles. The molecular weight excluding hydrogens is 331 g/mol. The Morgan fingerprint density at radius 1 is 1.25 bits per heavy atom. The summed E-state index contributed by atoms with van der Waals surface area (Å²) in [4.78, 5) is 26.2. The minimum Gasteiger partial charge on any atom is -0.478 e. The molecule has 0 atom stereocenters. The van der Waals surface area contributed by atoms with Gasteiger partial charge in [-0.25, -0.2) is 9.18 Å². The second-order valence-corrected chi connectivity index (χ2v) is 4.73. The minimum atomic E-state index is -1.14. The number of nitrogens with zero attached hydrogens (tertiary/aromatic N) is 1. The van der Waals surface area contributed by atoms with E-state index in [0.717, 1.165) is 6.20 Å². The number of hydrogen-bond acceptors (Lipinski definition) is 3.